The number of hydrogen-bond donors (Lipinski definition) is 1. The first-order chi connectivity index (χ1) is 14.2. The molecule has 5 rings (SSSR count). The Bertz CT molecular complexity index is 895. The molecule has 2 fully saturated rings. The maximum Gasteiger partial charge on any atom is 0.252 e. The van der Waals surface area contributed by atoms with Gasteiger partial charge in [0, 0.05) is 26.1 Å². The monoisotopic (exact) mass is 396 g/mol. The summed E-state index contributed by atoms with van der Waals surface area (Å²) in [5.74, 6) is -0.293. The highest BCUT2D eigenvalue weighted by Crippen LogP contribution is 2.38. The summed E-state index contributed by atoms with van der Waals surface area (Å²) < 4.78 is 25.4. The Kier molecular flexibility index (Phi) is 4.86. The number of amides is 1. The van der Waals surface area contributed by atoms with Crippen LogP contribution in [0.1, 0.15) is 29.2 Å². The van der Waals surface area contributed by atoms with Crippen molar-refractivity contribution in [2.75, 3.05) is 32.8 Å². The van der Waals surface area contributed by atoms with Crippen molar-refractivity contribution in [1.82, 2.24) is 10.2 Å². The van der Waals surface area contributed by atoms with Gasteiger partial charge in [-0.05, 0) is 35.2 Å². The van der Waals surface area contributed by atoms with Gasteiger partial charge in [-0.1, -0.05) is 36.4 Å². The average molecular weight is 396 g/mol. The van der Waals surface area contributed by atoms with Gasteiger partial charge in [0.05, 0.1) is 19.3 Å². The second-order valence-corrected chi connectivity index (χ2v) is 8.15. The molecular weight excluding hydrogens is 371 g/mol. The van der Waals surface area contributed by atoms with Crippen LogP contribution < -0.4 is 5.32 Å². The number of halogens is 1. The van der Waals surface area contributed by atoms with E-state index in [-0.39, 0.29) is 17.8 Å². The van der Waals surface area contributed by atoms with Crippen molar-refractivity contribution in [1.29, 1.82) is 0 Å². The Morgan fingerprint density at radius 3 is 2.79 bits per heavy atom. The fourth-order valence-electron chi connectivity index (χ4n) is 4.79. The zero-order valence-electron chi connectivity index (χ0n) is 16.3. The van der Waals surface area contributed by atoms with Crippen LogP contribution in [-0.2, 0) is 20.7 Å². The van der Waals surface area contributed by atoms with E-state index in [1.807, 2.05) is 17.0 Å². The van der Waals surface area contributed by atoms with E-state index in [1.54, 1.807) is 12.1 Å². The SMILES string of the molecule is O=C([C@H]1C[C@@]2(CNCCO2)CO1)N1CCc2ccccc2[C@@H]1c1ccc(F)cc1. The molecule has 0 unspecified atom stereocenters. The zero-order valence-corrected chi connectivity index (χ0v) is 16.3. The van der Waals surface area contributed by atoms with Crippen molar-refractivity contribution in [3.8, 4) is 0 Å². The van der Waals surface area contributed by atoms with Crippen molar-refractivity contribution < 1.29 is 18.7 Å². The van der Waals surface area contributed by atoms with Crippen LogP contribution in [0.4, 0.5) is 4.39 Å². The van der Waals surface area contributed by atoms with E-state index in [1.165, 1.54) is 17.7 Å². The molecule has 1 N–H and O–H groups in total. The third-order valence-corrected chi connectivity index (χ3v) is 6.27. The summed E-state index contributed by atoms with van der Waals surface area (Å²) in [6.45, 7) is 3.22. The Morgan fingerprint density at radius 1 is 1.17 bits per heavy atom. The number of fused-ring (bicyclic) bond motifs is 1. The van der Waals surface area contributed by atoms with Gasteiger partial charge in [0.2, 0.25) is 0 Å². The predicted molar refractivity (Wildman–Crippen MR) is 106 cm³/mol. The molecule has 2 saturated heterocycles. The fraction of sp³-hybridized carbons (Fsp3) is 0.435. The highest BCUT2D eigenvalue weighted by molar-refractivity contribution is 5.82. The maximum absolute atomic E-state index is 13.5. The summed E-state index contributed by atoms with van der Waals surface area (Å²) in [6.07, 6.45) is 0.853. The molecule has 29 heavy (non-hydrogen) atoms. The maximum atomic E-state index is 13.5. The van der Waals surface area contributed by atoms with Gasteiger partial charge in [0.1, 0.15) is 17.5 Å². The van der Waals surface area contributed by atoms with Crippen LogP contribution in [0, 0.1) is 5.82 Å². The van der Waals surface area contributed by atoms with E-state index in [4.69, 9.17) is 9.47 Å². The van der Waals surface area contributed by atoms with E-state index in [9.17, 15) is 9.18 Å². The number of carbonyl (C=O) groups excluding carboxylic acids is 1. The van der Waals surface area contributed by atoms with Crippen LogP contribution in [-0.4, -0.2) is 55.4 Å². The Labute approximate surface area is 169 Å². The summed E-state index contributed by atoms with van der Waals surface area (Å²) in [4.78, 5) is 15.4. The van der Waals surface area contributed by atoms with Crippen molar-refractivity contribution >= 4 is 5.91 Å². The van der Waals surface area contributed by atoms with Gasteiger partial charge in [-0.25, -0.2) is 4.39 Å². The van der Waals surface area contributed by atoms with Crippen LogP contribution in [0.15, 0.2) is 48.5 Å². The average Bonchev–Trinajstić information content (AvgIpc) is 3.17. The molecular formula is C23H25FN2O3. The van der Waals surface area contributed by atoms with Crippen LogP contribution in [0.2, 0.25) is 0 Å². The predicted octanol–water partition coefficient (Wildman–Crippen LogP) is 2.45. The van der Waals surface area contributed by atoms with Gasteiger partial charge in [0.15, 0.2) is 0 Å². The molecule has 2 aromatic rings. The minimum Gasteiger partial charge on any atom is -0.370 e. The second kappa shape index (κ2) is 7.52. The number of nitrogens with zero attached hydrogens (tertiary/aromatic N) is 1. The topological polar surface area (TPSA) is 50.8 Å². The molecule has 0 bridgehead atoms. The fourth-order valence-corrected chi connectivity index (χ4v) is 4.79. The molecule has 6 heteroatoms. The third kappa shape index (κ3) is 3.45. The van der Waals surface area contributed by atoms with Crippen LogP contribution in [0.5, 0.6) is 0 Å². The Morgan fingerprint density at radius 2 is 2.00 bits per heavy atom. The highest BCUT2D eigenvalue weighted by atomic mass is 19.1. The largest absolute Gasteiger partial charge is 0.370 e. The summed E-state index contributed by atoms with van der Waals surface area (Å²) in [6, 6.07) is 14.4. The molecule has 3 aliphatic rings. The number of carbonyl (C=O) groups is 1. The van der Waals surface area contributed by atoms with Crippen LogP contribution in [0.3, 0.4) is 0 Å². The summed E-state index contributed by atoms with van der Waals surface area (Å²) in [5.41, 5.74) is 2.84. The van der Waals surface area contributed by atoms with Gasteiger partial charge >= 0.3 is 0 Å². The standard InChI is InChI=1S/C23H25FN2O3/c24-18-7-5-17(6-8-18)21-19-4-2-1-3-16(19)9-11-26(21)22(27)20-13-23(15-28-20)14-25-10-12-29-23/h1-8,20-21,25H,9-15H2/t20-,21+,23-/m1/s1. The lowest BCUT2D eigenvalue weighted by Crippen LogP contribution is -2.51. The van der Waals surface area contributed by atoms with E-state index in [0.717, 1.165) is 24.1 Å². The molecule has 1 spiro atoms. The molecule has 3 atom stereocenters. The lowest BCUT2D eigenvalue weighted by atomic mass is 9.87. The lowest BCUT2D eigenvalue weighted by molar-refractivity contribution is -0.143. The van der Waals surface area contributed by atoms with Crippen molar-refractivity contribution in [2.45, 2.75) is 30.6 Å². The molecule has 3 heterocycles. The van der Waals surface area contributed by atoms with Crippen molar-refractivity contribution in [3.05, 3.63) is 71.0 Å². The van der Waals surface area contributed by atoms with E-state index < -0.39 is 11.7 Å². The Balaban J connectivity index is 1.45. The number of ether oxygens (including phenoxy) is 2. The smallest absolute Gasteiger partial charge is 0.252 e. The number of nitrogens with one attached hydrogen (secondary N) is 1. The van der Waals surface area contributed by atoms with Crippen LogP contribution in [0.25, 0.3) is 0 Å². The van der Waals surface area contributed by atoms with Crippen LogP contribution >= 0.6 is 0 Å². The molecule has 5 nitrogen and oxygen atoms in total. The first-order valence-electron chi connectivity index (χ1n) is 10.3. The van der Waals surface area contributed by atoms with E-state index in [0.29, 0.717) is 32.7 Å². The first kappa shape index (κ1) is 18.7. The first-order valence-corrected chi connectivity index (χ1v) is 10.3. The molecule has 2 aromatic carbocycles. The molecule has 0 radical (unpaired) electrons. The van der Waals surface area contributed by atoms with Gasteiger partial charge in [-0.15, -0.1) is 0 Å². The van der Waals surface area contributed by atoms with E-state index >= 15 is 0 Å². The van der Waals surface area contributed by atoms with Gasteiger partial charge in [0.25, 0.3) is 5.91 Å². The number of hydrogen-bond acceptors (Lipinski definition) is 4. The number of rotatable bonds is 2. The summed E-state index contributed by atoms with van der Waals surface area (Å²) >= 11 is 0. The minimum atomic E-state index is -0.511. The zero-order chi connectivity index (χ0) is 19.8. The minimum absolute atomic E-state index is 0.0140. The van der Waals surface area contributed by atoms with Gasteiger partial charge < -0.3 is 19.7 Å². The quantitative estimate of drug-likeness (QED) is 0.847. The number of benzene rings is 2. The molecule has 0 aliphatic carbocycles. The molecule has 0 aromatic heterocycles. The third-order valence-electron chi connectivity index (χ3n) is 6.27. The molecule has 0 saturated carbocycles. The molecule has 152 valence electrons. The van der Waals surface area contributed by atoms with Crippen molar-refractivity contribution in [2.24, 2.45) is 0 Å². The second-order valence-electron chi connectivity index (χ2n) is 8.15. The van der Waals surface area contributed by atoms with Gasteiger partial charge in [-0.3, -0.25) is 4.79 Å². The lowest BCUT2D eigenvalue weighted by Gasteiger charge is -2.39. The normalized spacial score (nSPS) is 29.1. The number of morpholine rings is 1. The Hall–Kier alpha value is -2.28. The summed E-state index contributed by atoms with van der Waals surface area (Å²) in [7, 11) is 0. The molecule has 1 amide bonds. The highest BCUT2D eigenvalue weighted by Gasteiger charge is 2.47. The molecule has 3 aliphatic heterocycles. The van der Waals surface area contributed by atoms with E-state index in [2.05, 4.69) is 17.4 Å². The summed E-state index contributed by atoms with van der Waals surface area (Å²) in [5, 5.41) is 3.34. The van der Waals surface area contributed by atoms with Crippen molar-refractivity contribution in [3.63, 3.8) is 0 Å². The van der Waals surface area contributed by atoms with Gasteiger partial charge in [-0.2, -0.15) is 0 Å².